The van der Waals surface area contributed by atoms with E-state index in [0.29, 0.717) is 12.8 Å². The van der Waals surface area contributed by atoms with Crippen LogP contribution < -0.4 is 0 Å². The molecule has 1 heterocycles. The third kappa shape index (κ3) is 2.25. The van der Waals surface area contributed by atoms with Crippen molar-refractivity contribution in [1.29, 1.82) is 0 Å². The van der Waals surface area contributed by atoms with E-state index >= 15 is 0 Å². The van der Waals surface area contributed by atoms with Crippen molar-refractivity contribution in [3.63, 3.8) is 0 Å². The minimum Gasteiger partial charge on any atom is -0.479 e. The van der Waals surface area contributed by atoms with Crippen LogP contribution in [-0.2, 0) is 4.79 Å². The van der Waals surface area contributed by atoms with Gasteiger partial charge in [0.2, 0.25) is 0 Å². The predicted octanol–water partition coefficient (Wildman–Crippen LogP) is 2.45. The third-order valence-corrected chi connectivity index (χ3v) is 4.08. The van der Waals surface area contributed by atoms with E-state index in [9.17, 15) is 14.7 Å². The molecular formula is C14H19NO4. The van der Waals surface area contributed by atoms with Crippen molar-refractivity contribution in [3.8, 4) is 0 Å². The number of furan rings is 1. The first-order valence-electron chi connectivity index (χ1n) is 6.55. The summed E-state index contributed by atoms with van der Waals surface area (Å²) < 4.78 is 5.18. The van der Waals surface area contributed by atoms with Crippen LogP contribution in [0, 0.1) is 6.92 Å². The summed E-state index contributed by atoms with van der Waals surface area (Å²) in [4.78, 5) is 25.4. The van der Waals surface area contributed by atoms with E-state index in [1.165, 1.54) is 11.2 Å². The van der Waals surface area contributed by atoms with Gasteiger partial charge in [0, 0.05) is 12.6 Å². The fraction of sp³-hybridized carbons (Fsp3) is 0.571. The van der Waals surface area contributed by atoms with Gasteiger partial charge < -0.3 is 14.4 Å². The highest BCUT2D eigenvalue weighted by molar-refractivity contribution is 5.96. The summed E-state index contributed by atoms with van der Waals surface area (Å²) in [6.45, 7) is 1.78. The Morgan fingerprint density at radius 2 is 1.95 bits per heavy atom. The van der Waals surface area contributed by atoms with Crippen molar-refractivity contribution in [3.05, 3.63) is 23.7 Å². The molecule has 0 aliphatic heterocycles. The Balaban J connectivity index is 2.30. The predicted molar refractivity (Wildman–Crippen MR) is 69.0 cm³/mol. The molecule has 0 unspecified atom stereocenters. The number of aryl methyl sites for hydroxylation is 1. The molecule has 1 aromatic rings. The summed E-state index contributed by atoms with van der Waals surface area (Å²) in [6, 6.07) is 1.70. The van der Waals surface area contributed by atoms with Crippen molar-refractivity contribution in [1.82, 2.24) is 4.90 Å². The molecular weight excluding hydrogens is 246 g/mol. The summed E-state index contributed by atoms with van der Waals surface area (Å²) in [5, 5.41) is 9.55. The number of carboxylic acids is 1. The SMILES string of the molecule is Cc1ccoc1C(=O)N(C)C1(C(=O)O)CCCCC1. The largest absolute Gasteiger partial charge is 0.479 e. The Hall–Kier alpha value is -1.78. The Labute approximate surface area is 112 Å². The molecule has 0 radical (unpaired) electrons. The molecule has 1 fully saturated rings. The van der Waals surface area contributed by atoms with Crippen molar-refractivity contribution in [2.24, 2.45) is 0 Å². The van der Waals surface area contributed by atoms with Gasteiger partial charge in [0.25, 0.3) is 5.91 Å². The smallest absolute Gasteiger partial charge is 0.329 e. The second kappa shape index (κ2) is 5.07. The van der Waals surface area contributed by atoms with Crippen LogP contribution in [0.2, 0.25) is 0 Å². The van der Waals surface area contributed by atoms with E-state index in [2.05, 4.69) is 0 Å². The number of hydrogen-bond donors (Lipinski definition) is 1. The van der Waals surface area contributed by atoms with Crippen molar-refractivity contribution < 1.29 is 19.1 Å². The molecule has 0 atom stereocenters. The van der Waals surface area contributed by atoms with Gasteiger partial charge in [0.15, 0.2) is 5.76 Å². The highest BCUT2D eigenvalue weighted by Crippen LogP contribution is 2.34. The zero-order valence-electron chi connectivity index (χ0n) is 11.3. The Morgan fingerprint density at radius 1 is 1.32 bits per heavy atom. The molecule has 19 heavy (non-hydrogen) atoms. The maximum absolute atomic E-state index is 12.4. The van der Waals surface area contributed by atoms with E-state index in [0.717, 1.165) is 24.8 Å². The second-order valence-corrected chi connectivity index (χ2v) is 5.19. The fourth-order valence-electron chi connectivity index (χ4n) is 2.77. The quantitative estimate of drug-likeness (QED) is 0.911. The summed E-state index contributed by atoms with van der Waals surface area (Å²) in [6.07, 6.45) is 5.15. The number of likely N-dealkylation sites (N-methyl/N-ethyl adjacent to an activating group) is 1. The number of hydrogen-bond acceptors (Lipinski definition) is 3. The molecule has 1 aliphatic rings. The molecule has 0 saturated heterocycles. The van der Waals surface area contributed by atoms with Crippen LogP contribution in [0.1, 0.15) is 48.2 Å². The molecule has 0 bridgehead atoms. The number of carbonyl (C=O) groups is 2. The lowest BCUT2D eigenvalue weighted by Gasteiger charge is -2.40. The van der Waals surface area contributed by atoms with E-state index in [-0.39, 0.29) is 11.7 Å². The number of nitrogens with zero attached hydrogens (tertiary/aromatic N) is 1. The monoisotopic (exact) mass is 265 g/mol. The maximum atomic E-state index is 12.4. The van der Waals surface area contributed by atoms with Crippen LogP contribution in [0.3, 0.4) is 0 Å². The molecule has 0 spiro atoms. The van der Waals surface area contributed by atoms with E-state index < -0.39 is 11.5 Å². The zero-order valence-corrected chi connectivity index (χ0v) is 11.3. The van der Waals surface area contributed by atoms with Gasteiger partial charge >= 0.3 is 5.97 Å². The first-order valence-corrected chi connectivity index (χ1v) is 6.55. The number of aliphatic carboxylic acids is 1. The van der Waals surface area contributed by atoms with Crippen LogP contribution in [0.5, 0.6) is 0 Å². The molecule has 1 aliphatic carbocycles. The molecule has 1 aromatic heterocycles. The van der Waals surface area contributed by atoms with Gasteiger partial charge in [-0.25, -0.2) is 4.79 Å². The van der Waals surface area contributed by atoms with Crippen molar-refractivity contribution in [2.75, 3.05) is 7.05 Å². The van der Waals surface area contributed by atoms with Crippen molar-refractivity contribution in [2.45, 2.75) is 44.6 Å². The molecule has 104 valence electrons. The molecule has 1 saturated carbocycles. The Morgan fingerprint density at radius 3 is 2.42 bits per heavy atom. The molecule has 1 N–H and O–H groups in total. The van der Waals surface area contributed by atoms with Gasteiger partial charge in [-0.05, 0) is 25.8 Å². The lowest BCUT2D eigenvalue weighted by Crippen LogP contribution is -2.56. The summed E-state index contributed by atoms with van der Waals surface area (Å²) in [7, 11) is 1.56. The summed E-state index contributed by atoms with van der Waals surface area (Å²) in [5.41, 5.74) is -0.359. The standard InChI is InChI=1S/C14H19NO4/c1-10-6-9-19-11(10)12(16)15(2)14(13(17)18)7-4-3-5-8-14/h6,9H,3-5,7-8H2,1-2H3,(H,17,18). The average molecular weight is 265 g/mol. The summed E-state index contributed by atoms with van der Waals surface area (Å²) >= 11 is 0. The normalized spacial score (nSPS) is 18.0. The number of rotatable bonds is 3. The molecule has 1 amide bonds. The van der Waals surface area contributed by atoms with Crippen LogP contribution in [-0.4, -0.2) is 34.5 Å². The summed E-state index contributed by atoms with van der Waals surface area (Å²) in [5.74, 6) is -1.05. The number of amides is 1. The van der Waals surface area contributed by atoms with Crippen LogP contribution in [0.4, 0.5) is 0 Å². The van der Waals surface area contributed by atoms with Gasteiger partial charge in [-0.15, -0.1) is 0 Å². The molecule has 5 heteroatoms. The first-order chi connectivity index (χ1) is 8.99. The lowest BCUT2D eigenvalue weighted by atomic mass is 9.80. The van der Waals surface area contributed by atoms with Crippen molar-refractivity contribution >= 4 is 11.9 Å². The zero-order chi connectivity index (χ0) is 14.0. The first kappa shape index (κ1) is 13.6. The minimum absolute atomic E-state index is 0.230. The Kier molecular flexibility index (Phi) is 3.64. The highest BCUT2D eigenvalue weighted by Gasteiger charge is 2.46. The van der Waals surface area contributed by atoms with E-state index in [4.69, 9.17) is 4.42 Å². The number of carboxylic acid groups (broad SMARTS) is 1. The van der Waals surface area contributed by atoms with Crippen LogP contribution >= 0.6 is 0 Å². The minimum atomic E-state index is -1.09. The van der Waals surface area contributed by atoms with Gasteiger partial charge in [-0.1, -0.05) is 19.3 Å². The molecule has 2 rings (SSSR count). The van der Waals surface area contributed by atoms with Gasteiger partial charge in [0.05, 0.1) is 6.26 Å². The molecule has 5 nitrogen and oxygen atoms in total. The molecule has 0 aromatic carbocycles. The Bertz CT molecular complexity index is 485. The number of carbonyl (C=O) groups excluding carboxylic acids is 1. The maximum Gasteiger partial charge on any atom is 0.329 e. The van der Waals surface area contributed by atoms with Gasteiger partial charge in [-0.2, -0.15) is 0 Å². The third-order valence-electron chi connectivity index (χ3n) is 4.08. The second-order valence-electron chi connectivity index (χ2n) is 5.19. The van der Waals surface area contributed by atoms with E-state index in [1.807, 2.05) is 0 Å². The van der Waals surface area contributed by atoms with Crippen LogP contribution in [0.15, 0.2) is 16.7 Å². The fourth-order valence-corrected chi connectivity index (χ4v) is 2.77. The van der Waals surface area contributed by atoms with Crippen LogP contribution in [0.25, 0.3) is 0 Å². The lowest BCUT2D eigenvalue weighted by molar-refractivity contribution is -0.151. The highest BCUT2D eigenvalue weighted by atomic mass is 16.4. The topological polar surface area (TPSA) is 70.8 Å². The average Bonchev–Trinajstić information content (AvgIpc) is 2.84. The van der Waals surface area contributed by atoms with Gasteiger partial charge in [-0.3, -0.25) is 4.79 Å². The van der Waals surface area contributed by atoms with E-state index in [1.54, 1.807) is 20.0 Å². The van der Waals surface area contributed by atoms with Gasteiger partial charge in [0.1, 0.15) is 5.54 Å².